The molecule has 9 nitrogen and oxygen atoms in total. The lowest BCUT2D eigenvalue weighted by molar-refractivity contribution is -0.386. The van der Waals surface area contributed by atoms with Crippen molar-refractivity contribution in [1.82, 2.24) is 5.32 Å². The lowest BCUT2D eigenvalue weighted by Gasteiger charge is -2.37. The van der Waals surface area contributed by atoms with Crippen molar-refractivity contribution in [2.24, 2.45) is 5.41 Å². The van der Waals surface area contributed by atoms with Gasteiger partial charge in [-0.15, -0.1) is 0 Å². The Hall–Kier alpha value is -2.84. The monoisotopic (exact) mass is 396 g/mol. The minimum absolute atomic E-state index is 0.00574. The number of nitro groups is 1. The first-order chi connectivity index (χ1) is 12.7. The normalized spacial score (nSPS) is 13.9. The summed E-state index contributed by atoms with van der Waals surface area (Å²) < 4.78 is 11.1. The number of nitro benzene ring substituents is 1. The van der Waals surface area contributed by atoms with Crippen molar-refractivity contribution in [2.75, 3.05) is 0 Å². The average Bonchev–Trinajstić information content (AvgIpc) is 2.48. The lowest BCUT2D eigenvalue weighted by Crippen LogP contribution is -2.53. The standard InChI is InChI=1S/C19H28N2O7/c1-18(2,3)16(27-14-10-8-7-9-13(14)21(25)26)12(11-15(22)23)20-17(24)28-19(4,5)6/h7-10,12,16H,11H2,1-6H3,(H,20,24)(H,22,23)/t12-,16?/m0/s1. The van der Waals surface area contributed by atoms with E-state index in [1.165, 1.54) is 18.2 Å². The van der Waals surface area contributed by atoms with E-state index in [4.69, 9.17) is 9.47 Å². The van der Waals surface area contributed by atoms with Gasteiger partial charge in [0.2, 0.25) is 0 Å². The zero-order valence-electron chi connectivity index (χ0n) is 17.0. The number of carbonyl (C=O) groups is 2. The Morgan fingerprint density at radius 1 is 1.18 bits per heavy atom. The van der Waals surface area contributed by atoms with Crippen molar-refractivity contribution in [3.8, 4) is 5.75 Å². The molecule has 0 aromatic heterocycles. The third-order valence-electron chi connectivity index (χ3n) is 3.63. The second-order valence-corrected chi connectivity index (χ2v) is 8.48. The molecule has 2 atom stereocenters. The highest BCUT2D eigenvalue weighted by Gasteiger charge is 2.38. The van der Waals surface area contributed by atoms with Gasteiger partial charge >= 0.3 is 17.7 Å². The fourth-order valence-electron chi connectivity index (χ4n) is 2.59. The fourth-order valence-corrected chi connectivity index (χ4v) is 2.59. The van der Waals surface area contributed by atoms with Crippen LogP contribution in [0.3, 0.4) is 0 Å². The van der Waals surface area contributed by atoms with Gasteiger partial charge in [-0.05, 0) is 26.8 Å². The second-order valence-electron chi connectivity index (χ2n) is 8.48. The number of carboxylic acids is 1. The van der Waals surface area contributed by atoms with Crippen LogP contribution in [0.5, 0.6) is 5.75 Å². The molecule has 0 bridgehead atoms. The molecule has 0 fully saturated rings. The number of carbonyl (C=O) groups excluding carboxylic acids is 1. The van der Waals surface area contributed by atoms with Gasteiger partial charge in [0.05, 0.1) is 17.4 Å². The smallest absolute Gasteiger partial charge is 0.408 e. The summed E-state index contributed by atoms with van der Waals surface area (Å²) >= 11 is 0. The summed E-state index contributed by atoms with van der Waals surface area (Å²) in [4.78, 5) is 34.3. The van der Waals surface area contributed by atoms with Gasteiger partial charge in [0.15, 0.2) is 5.75 Å². The van der Waals surface area contributed by atoms with Gasteiger partial charge in [-0.1, -0.05) is 32.9 Å². The van der Waals surface area contributed by atoms with Crippen LogP contribution in [0.2, 0.25) is 0 Å². The number of carboxylic acid groups (broad SMARTS) is 1. The Kier molecular flexibility index (Phi) is 7.37. The van der Waals surface area contributed by atoms with Crippen molar-refractivity contribution in [2.45, 2.75) is 65.7 Å². The summed E-state index contributed by atoms with van der Waals surface area (Å²) in [5.74, 6) is -1.16. The SMILES string of the molecule is CC(C)(C)OC(=O)N[C@@H](CC(=O)O)C(Oc1ccccc1[N+](=O)[O-])C(C)(C)C. The van der Waals surface area contributed by atoms with E-state index in [2.05, 4.69) is 5.32 Å². The average molecular weight is 396 g/mol. The number of hydrogen-bond acceptors (Lipinski definition) is 6. The zero-order chi connectivity index (χ0) is 21.7. The maximum Gasteiger partial charge on any atom is 0.408 e. The first-order valence-corrected chi connectivity index (χ1v) is 8.82. The van der Waals surface area contributed by atoms with Crippen molar-refractivity contribution >= 4 is 17.7 Å². The van der Waals surface area contributed by atoms with Crippen molar-refractivity contribution in [3.63, 3.8) is 0 Å². The van der Waals surface area contributed by atoms with E-state index < -0.39 is 46.6 Å². The highest BCUT2D eigenvalue weighted by Crippen LogP contribution is 2.33. The topological polar surface area (TPSA) is 128 Å². The number of aliphatic carboxylic acids is 1. The van der Waals surface area contributed by atoms with E-state index in [9.17, 15) is 24.8 Å². The van der Waals surface area contributed by atoms with Crippen molar-refractivity contribution < 1.29 is 29.1 Å². The fraction of sp³-hybridized carbons (Fsp3) is 0.579. The number of benzene rings is 1. The van der Waals surface area contributed by atoms with Crippen LogP contribution in [0.25, 0.3) is 0 Å². The van der Waals surface area contributed by atoms with E-state index in [0.29, 0.717) is 0 Å². The van der Waals surface area contributed by atoms with E-state index in [1.54, 1.807) is 47.6 Å². The first kappa shape index (κ1) is 23.2. The Morgan fingerprint density at radius 2 is 1.75 bits per heavy atom. The number of rotatable bonds is 7. The summed E-state index contributed by atoms with van der Waals surface area (Å²) in [6.07, 6.45) is -2.11. The molecule has 1 amide bonds. The molecule has 0 aliphatic heterocycles. The molecular weight excluding hydrogens is 368 g/mol. The van der Waals surface area contributed by atoms with Gasteiger partial charge in [-0.25, -0.2) is 4.79 Å². The predicted octanol–water partition coefficient (Wildman–Crippen LogP) is 3.76. The molecule has 1 unspecified atom stereocenters. The Bertz CT molecular complexity index is 720. The molecule has 28 heavy (non-hydrogen) atoms. The molecule has 1 rings (SSSR count). The molecule has 156 valence electrons. The second kappa shape index (κ2) is 8.90. The zero-order valence-corrected chi connectivity index (χ0v) is 17.0. The minimum atomic E-state index is -1.15. The summed E-state index contributed by atoms with van der Waals surface area (Å²) in [5, 5.41) is 23.1. The molecular formula is C19H28N2O7. The van der Waals surface area contributed by atoms with Gasteiger partial charge < -0.3 is 19.9 Å². The third kappa shape index (κ3) is 7.42. The number of nitrogens with one attached hydrogen (secondary N) is 1. The van der Waals surface area contributed by atoms with Gasteiger partial charge in [-0.3, -0.25) is 14.9 Å². The molecule has 1 aromatic carbocycles. The molecule has 0 saturated heterocycles. The number of nitrogens with zero attached hydrogens (tertiary/aromatic N) is 1. The van der Waals surface area contributed by atoms with Crippen LogP contribution in [-0.4, -0.2) is 39.8 Å². The van der Waals surface area contributed by atoms with Crippen molar-refractivity contribution in [3.05, 3.63) is 34.4 Å². The number of hydrogen-bond donors (Lipinski definition) is 2. The summed E-state index contributed by atoms with van der Waals surface area (Å²) in [6.45, 7) is 10.4. The molecule has 0 aliphatic rings. The van der Waals surface area contributed by atoms with E-state index in [1.807, 2.05) is 0 Å². The summed E-state index contributed by atoms with van der Waals surface area (Å²) in [5.41, 5.74) is -1.67. The van der Waals surface area contributed by atoms with Gasteiger partial charge in [-0.2, -0.15) is 0 Å². The van der Waals surface area contributed by atoms with Crippen LogP contribution in [0.1, 0.15) is 48.0 Å². The van der Waals surface area contributed by atoms with Crippen LogP contribution in [0.15, 0.2) is 24.3 Å². The van der Waals surface area contributed by atoms with Gasteiger partial charge in [0, 0.05) is 11.5 Å². The molecule has 0 aliphatic carbocycles. The first-order valence-electron chi connectivity index (χ1n) is 8.82. The van der Waals surface area contributed by atoms with Gasteiger partial charge in [0.25, 0.3) is 0 Å². The Morgan fingerprint density at radius 3 is 2.21 bits per heavy atom. The van der Waals surface area contributed by atoms with Crippen LogP contribution >= 0.6 is 0 Å². The lowest BCUT2D eigenvalue weighted by atomic mass is 9.83. The highest BCUT2D eigenvalue weighted by molar-refractivity contribution is 5.72. The van der Waals surface area contributed by atoms with E-state index >= 15 is 0 Å². The minimum Gasteiger partial charge on any atom is -0.481 e. The molecule has 0 heterocycles. The van der Waals surface area contributed by atoms with Gasteiger partial charge in [0.1, 0.15) is 11.7 Å². The largest absolute Gasteiger partial charge is 0.481 e. The summed E-state index contributed by atoms with van der Waals surface area (Å²) in [7, 11) is 0. The highest BCUT2D eigenvalue weighted by atomic mass is 16.6. The van der Waals surface area contributed by atoms with E-state index in [-0.39, 0.29) is 11.4 Å². The summed E-state index contributed by atoms with van der Waals surface area (Å²) in [6, 6.07) is 4.83. The number of amides is 1. The molecule has 9 heteroatoms. The van der Waals surface area contributed by atoms with Crippen LogP contribution in [-0.2, 0) is 9.53 Å². The number of alkyl carbamates (subject to hydrolysis) is 1. The van der Waals surface area contributed by atoms with Crippen LogP contribution in [0.4, 0.5) is 10.5 Å². The van der Waals surface area contributed by atoms with Crippen LogP contribution in [0, 0.1) is 15.5 Å². The predicted molar refractivity (Wildman–Crippen MR) is 102 cm³/mol. The Balaban J connectivity index is 3.23. The third-order valence-corrected chi connectivity index (χ3v) is 3.63. The maximum absolute atomic E-state index is 12.2. The van der Waals surface area contributed by atoms with Crippen LogP contribution < -0.4 is 10.1 Å². The Labute approximate surface area is 164 Å². The molecule has 1 aromatic rings. The van der Waals surface area contributed by atoms with Crippen molar-refractivity contribution in [1.29, 1.82) is 0 Å². The molecule has 0 radical (unpaired) electrons. The molecule has 2 N–H and O–H groups in total. The quantitative estimate of drug-likeness (QED) is 0.530. The number of ether oxygens (including phenoxy) is 2. The molecule has 0 spiro atoms. The van der Waals surface area contributed by atoms with E-state index in [0.717, 1.165) is 0 Å². The number of para-hydroxylation sites is 2. The maximum atomic E-state index is 12.2. The molecule has 0 saturated carbocycles.